The first-order valence-electron chi connectivity index (χ1n) is 8.40. The molecular formula is C19H23ClN2O3S2. The molecule has 8 heteroatoms. The van der Waals surface area contributed by atoms with Crippen LogP contribution in [0.5, 0.6) is 0 Å². The maximum Gasteiger partial charge on any atom is 0.242 e. The van der Waals surface area contributed by atoms with E-state index in [1.807, 2.05) is 31.2 Å². The van der Waals surface area contributed by atoms with Crippen LogP contribution in [0.3, 0.4) is 0 Å². The number of thioether (sulfide) groups is 1. The molecule has 0 saturated carbocycles. The molecule has 1 unspecified atom stereocenters. The molecule has 2 rings (SSSR count). The first kappa shape index (κ1) is 21.8. The van der Waals surface area contributed by atoms with Crippen LogP contribution in [0.25, 0.3) is 0 Å². The fraction of sp³-hybridized carbons (Fsp3) is 0.316. The minimum Gasteiger partial charge on any atom is -0.350 e. The second-order valence-electron chi connectivity index (χ2n) is 6.20. The molecule has 0 saturated heterocycles. The van der Waals surface area contributed by atoms with Gasteiger partial charge < -0.3 is 5.32 Å². The topological polar surface area (TPSA) is 66.5 Å². The van der Waals surface area contributed by atoms with E-state index in [0.29, 0.717) is 17.2 Å². The number of halogens is 1. The molecule has 1 N–H and O–H groups in total. The lowest BCUT2D eigenvalue weighted by atomic mass is 10.1. The van der Waals surface area contributed by atoms with Crippen LogP contribution in [-0.2, 0) is 14.8 Å². The van der Waals surface area contributed by atoms with Crippen molar-refractivity contribution in [3.05, 3.63) is 59.1 Å². The summed E-state index contributed by atoms with van der Waals surface area (Å²) in [4.78, 5) is 13.4. The lowest BCUT2D eigenvalue weighted by molar-refractivity contribution is -0.121. The van der Waals surface area contributed by atoms with Gasteiger partial charge in [-0.25, -0.2) is 12.7 Å². The van der Waals surface area contributed by atoms with Gasteiger partial charge in [-0.05, 0) is 48.9 Å². The zero-order valence-corrected chi connectivity index (χ0v) is 17.9. The van der Waals surface area contributed by atoms with Gasteiger partial charge >= 0.3 is 0 Å². The predicted molar refractivity (Wildman–Crippen MR) is 111 cm³/mol. The third kappa shape index (κ3) is 6.24. The number of nitrogens with zero attached hydrogens (tertiary/aromatic N) is 1. The Kier molecular flexibility index (Phi) is 7.73. The first-order valence-corrected chi connectivity index (χ1v) is 11.2. The smallest absolute Gasteiger partial charge is 0.242 e. The van der Waals surface area contributed by atoms with Crippen molar-refractivity contribution in [3.63, 3.8) is 0 Å². The summed E-state index contributed by atoms with van der Waals surface area (Å²) in [5, 5.41) is 3.63. The number of hydrogen-bond donors (Lipinski definition) is 1. The van der Waals surface area contributed by atoms with Crippen LogP contribution < -0.4 is 5.32 Å². The summed E-state index contributed by atoms with van der Waals surface area (Å²) < 4.78 is 25.4. The van der Waals surface area contributed by atoms with Gasteiger partial charge in [0, 0.05) is 36.2 Å². The van der Waals surface area contributed by atoms with Crippen LogP contribution in [0, 0.1) is 0 Å². The molecule has 2 aromatic carbocycles. The highest BCUT2D eigenvalue weighted by Gasteiger charge is 2.17. The van der Waals surface area contributed by atoms with E-state index >= 15 is 0 Å². The largest absolute Gasteiger partial charge is 0.350 e. The highest BCUT2D eigenvalue weighted by atomic mass is 35.5. The number of carbonyl (C=O) groups is 1. The Balaban J connectivity index is 1.86. The number of sulfonamides is 1. The quantitative estimate of drug-likeness (QED) is 0.649. The van der Waals surface area contributed by atoms with Crippen molar-refractivity contribution in [3.8, 4) is 0 Å². The number of benzene rings is 2. The number of carbonyl (C=O) groups excluding carboxylic acids is 1. The molecule has 0 spiro atoms. The number of hydrogen-bond acceptors (Lipinski definition) is 4. The zero-order valence-electron chi connectivity index (χ0n) is 15.5. The molecule has 0 bridgehead atoms. The van der Waals surface area contributed by atoms with Crippen molar-refractivity contribution in [1.29, 1.82) is 0 Å². The van der Waals surface area contributed by atoms with Gasteiger partial charge in [-0.1, -0.05) is 23.7 Å². The molecule has 0 radical (unpaired) electrons. The van der Waals surface area contributed by atoms with Crippen molar-refractivity contribution < 1.29 is 13.2 Å². The van der Waals surface area contributed by atoms with Crippen molar-refractivity contribution in [2.24, 2.45) is 0 Å². The zero-order chi connectivity index (χ0) is 20.0. The molecule has 0 aliphatic carbocycles. The molecular weight excluding hydrogens is 404 g/mol. The van der Waals surface area contributed by atoms with E-state index in [-0.39, 0.29) is 16.8 Å². The van der Waals surface area contributed by atoms with Crippen LogP contribution in [0.15, 0.2) is 58.3 Å². The number of rotatable bonds is 8. The average Bonchev–Trinajstić information content (AvgIpc) is 2.63. The van der Waals surface area contributed by atoms with Gasteiger partial charge in [-0.2, -0.15) is 0 Å². The van der Waals surface area contributed by atoms with E-state index in [4.69, 9.17) is 11.6 Å². The van der Waals surface area contributed by atoms with Gasteiger partial charge in [-0.15, -0.1) is 11.8 Å². The normalized spacial score (nSPS) is 12.8. The standard InChI is InChI=1S/C19H23ClN2O3S2/c1-14(15-4-10-18(11-5-15)27(24,25)22(2)3)21-19(23)12-13-26-17-8-6-16(20)7-9-17/h4-11,14H,12-13H2,1-3H3,(H,21,23). The van der Waals surface area contributed by atoms with E-state index in [9.17, 15) is 13.2 Å². The lowest BCUT2D eigenvalue weighted by Gasteiger charge is -2.16. The van der Waals surface area contributed by atoms with E-state index in [0.717, 1.165) is 10.5 Å². The summed E-state index contributed by atoms with van der Waals surface area (Å²) >= 11 is 7.45. The molecule has 0 heterocycles. The molecule has 146 valence electrons. The van der Waals surface area contributed by atoms with Gasteiger partial charge in [0.05, 0.1) is 10.9 Å². The van der Waals surface area contributed by atoms with Gasteiger partial charge in [0.1, 0.15) is 0 Å². The summed E-state index contributed by atoms with van der Waals surface area (Å²) in [7, 11) is -0.460. The minimum absolute atomic E-state index is 0.0473. The molecule has 5 nitrogen and oxygen atoms in total. The number of amides is 1. The molecule has 0 fully saturated rings. The second kappa shape index (κ2) is 9.59. The van der Waals surface area contributed by atoms with E-state index < -0.39 is 10.0 Å². The van der Waals surface area contributed by atoms with Crippen LogP contribution >= 0.6 is 23.4 Å². The molecule has 0 aliphatic rings. The Morgan fingerprint density at radius 1 is 1.11 bits per heavy atom. The monoisotopic (exact) mass is 426 g/mol. The van der Waals surface area contributed by atoms with Crippen molar-refractivity contribution in [2.75, 3.05) is 19.8 Å². The molecule has 1 atom stereocenters. The predicted octanol–water partition coefficient (Wildman–Crippen LogP) is 3.95. The Morgan fingerprint density at radius 2 is 1.70 bits per heavy atom. The summed E-state index contributed by atoms with van der Waals surface area (Å²) in [5.41, 5.74) is 0.853. The Hall–Kier alpha value is -1.54. The third-order valence-corrected chi connectivity index (χ3v) is 7.04. The fourth-order valence-electron chi connectivity index (χ4n) is 2.33. The number of nitrogens with one attached hydrogen (secondary N) is 1. The molecule has 0 aliphatic heterocycles. The fourth-order valence-corrected chi connectivity index (χ4v) is 4.21. The SMILES string of the molecule is CC(NC(=O)CCSc1ccc(Cl)cc1)c1ccc(S(=O)(=O)N(C)C)cc1. The summed E-state index contributed by atoms with van der Waals surface area (Å²) in [6.07, 6.45) is 0.394. The van der Waals surface area contributed by atoms with E-state index in [1.165, 1.54) is 18.4 Å². The Labute approximate surface area is 170 Å². The Morgan fingerprint density at radius 3 is 2.26 bits per heavy atom. The van der Waals surface area contributed by atoms with Crippen molar-refractivity contribution >= 4 is 39.3 Å². The van der Waals surface area contributed by atoms with Crippen LogP contribution in [0.4, 0.5) is 0 Å². The van der Waals surface area contributed by atoms with Crippen LogP contribution in [0.1, 0.15) is 24.9 Å². The van der Waals surface area contributed by atoms with E-state index in [2.05, 4.69) is 5.32 Å². The third-order valence-electron chi connectivity index (χ3n) is 3.95. The molecule has 1 amide bonds. The lowest BCUT2D eigenvalue weighted by Crippen LogP contribution is -2.27. The van der Waals surface area contributed by atoms with Gasteiger partial charge in [0.2, 0.25) is 15.9 Å². The average molecular weight is 427 g/mol. The highest BCUT2D eigenvalue weighted by Crippen LogP contribution is 2.21. The van der Waals surface area contributed by atoms with Crippen LogP contribution in [-0.4, -0.2) is 38.5 Å². The Bertz CT molecular complexity index is 867. The minimum atomic E-state index is -3.45. The van der Waals surface area contributed by atoms with E-state index in [1.54, 1.807) is 36.0 Å². The maximum absolute atomic E-state index is 12.1. The molecule has 0 aromatic heterocycles. The first-order chi connectivity index (χ1) is 12.7. The summed E-state index contributed by atoms with van der Waals surface area (Å²) in [6.45, 7) is 1.87. The van der Waals surface area contributed by atoms with Crippen molar-refractivity contribution in [2.45, 2.75) is 29.2 Å². The van der Waals surface area contributed by atoms with Gasteiger partial charge in [-0.3, -0.25) is 4.79 Å². The van der Waals surface area contributed by atoms with Crippen LogP contribution in [0.2, 0.25) is 5.02 Å². The summed E-state index contributed by atoms with van der Waals surface area (Å²) in [5.74, 6) is 0.620. The van der Waals surface area contributed by atoms with Gasteiger partial charge in [0.15, 0.2) is 0 Å². The van der Waals surface area contributed by atoms with Crippen molar-refractivity contribution in [1.82, 2.24) is 9.62 Å². The second-order valence-corrected chi connectivity index (χ2v) is 9.95. The molecule has 2 aromatic rings. The van der Waals surface area contributed by atoms with Gasteiger partial charge in [0.25, 0.3) is 0 Å². The highest BCUT2D eigenvalue weighted by molar-refractivity contribution is 7.99. The molecule has 27 heavy (non-hydrogen) atoms. The maximum atomic E-state index is 12.1. The summed E-state index contributed by atoms with van der Waals surface area (Å²) in [6, 6.07) is 13.9.